The maximum absolute atomic E-state index is 12.9. The van der Waals surface area contributed by atoms with Gasteiger partial charge in [0.05, 0.1) is 5.56 Å². The van der Waals surface area contributed by atoms with Gasteiger partial charge in [-0.1, -0.05) is 25.0 Å². The molecule has 5 nitrogen and oxygen atoms in total. The third-order valence-electron chi connectivity index (χ3n) is 6.79. The zero-order valence-corrected chi connectivity index (χ0v) is 19.5. The second-order valence-electron chi connectivity index (χ2n) is 9.46. The number of nitrogens with zero attached hydrogens (tertiary/aromatic N) is 1. The average Bonchev–Trinajstić information content (AvgIpc) is 2.80. The van der Waals surface area contributed by atoms with Crippen LogP contribution < -0.4 is 20.9 Å². The monoisotopic (exact) mass is 474 g/mol. The number of amides is 2. The van der Waals surface area contributed by atoms with Crippen LogP contribution in [0, 0.1) is 6.92 Å². The largest absolute Gasteiger partial charge is 0.416 e. The van der Waals surface area contributed by atoms with E-state index in [-0.39, 0.29) is 24.2 Å². The average molecular weight is 475 g/mol. The number of benzene rings is 2. The number of urea groups is 1. The van der Waals surface area contributed by atoms with Crippen LogP contribution in [0.25, 0.3) is 0 Å². The van der Waals surface area contributed by atoms with Crippen LogP contribution in [-0.2, 0) is 6.18 Å². The molecule has 184 valence electrons. The smallest absolute Gasteiger partial charge is 0.370 e. The van der Waals surface area contributed by atoms with E-state index in [9.17, 15) is 18.0 Å². The van der Waals surface area contributed by atoms with Gasteiger partial charge in [0.1, 0.15) is 0 Å². The Kier molecular flexibility index (Phi) is 7.66. The lowest BCUT2D eigenvalue weighted by Gasteiger charge is -2.40. The SMILES string of the molecule is Cc1cccc(NC(=O)NC2CCCCC2NC2CCCN(c3ccc(C(F)(F)F)cc3)C2)c1. The van der Waals surface area contributed by atoms with Crippen LogP contribution in [0.1, 0.15) is 49.7 Å². The molecule has 1 saturated carbocycles. The van der Waals surface area contributed by atoms with Crippen molar-refractivity contribution in [2.24, 2.45) is 0 Å². The van der Waals surface area contributed by atoms with Gasteiger partial charge in [0.2, 0.25) is 0 Å². The van der Waals surface area contributed by atoms with Gasteiger partial charge >= 0.3 is 12.2 Å². The summed E-state index contributed by atoms with van der Waals surface area (Å²) in [5.41, 5.74) is 2.06. The molecular formula is C26H33F3N4O. The third kappa shape index (κ3) is 6.44. The molecule has 4 rings (SSSR count). The maximum Gasteiger partial charge on any atom is 0.416 e. The van der Waals surface area contributed by atoms with Crippen LogP contribution in [-0.4, -0.2) is 37.2 Å². The first-order valence-corrected chi connectivity index (χ1v) is 12.1. The zero-order chi connectivity index (χ0) is 24.1. The van der Waals surface area contributed by atoms with Gasteiger partial charge in [-0.2, -0.15) is 13.2 Å². The van der Waals surface area contributed by atoms with Crippen molar-refractivity contribution in [2.45, 2.75) is 69.8 Å². The number of hydrogen-bond donors (Lipinski definition) is 3. The highest BCUT2D eigenvalue weighted by Gasteiger charge is 2.32. The van der Waals surface area contributed by atoms with E-state index >= 15 is 0 Å². The molecule has 0 aromatic heterocycles. The molecule has 0 spiro atoms. The molecule has 8 heteroatoms. The molecule has 2 fully saturated rings. The zero-order valence-electron chi connectivity index (χ0n) is 19.5. The van der Waals surface area contributed by atoms with Crippen LogP contribution in [0.3, 0.4) is 0 Å². The Morgan fingerprint density at radius 3 is 2.41 bits per heavy atom. The van der Waals surface area contributed by atoms with Crippen molar-refractivity contribution in [2.75, 3.05) is 23.3 Å². The standard InChI is InChI=1S/C26H33F3N4O/c1-18-6-4-7-20(16-18)31-25(34)32-24-10-3-2-9-23(24)30-21-8-5-15-33(17-21)22-13-11-19(12-14-22)26(27,28)29/h4,6-7,11-14,16,21,23-24,30H,2-3,5,8-10,15,17H2,1H3,(H2,31,32,34). The number of halogens is 3. The first-order chi connectivity index (χ1) is 16.3. The highest BCUT2D eigenvalue weighted by atomic mass is 19.4. The van der Waals surface area contributed by atoms with Gasteiger partial charge in [0.15, 0.2) is 0 Å². The molecule has 1 saturated heterocycles. The fourth-order valence-corrected chi connectivity index (χ4v) is 5.07. The molecule has 1 heterocycles. The number of alkyl halides is 3. The second kappa shape index (κ2) is 10.7. The summed E-state index contributed by atoms with van der Waals surface area (Å²) >= 11 is 0. The summed E-state index contributed by atoms with van der Waals surface area (Å²) in [5, 5.41) is 9.85. The molecule has 2 aromatic carbocycles. The van der Waals surface area contributed by atoms with Crippen LogP contribution in [0.15, 0.2) is 48.5 Å². The number of aryl methyl sites for hydroxylation is 1. The lowest BCUT2D eigenvalue weighted by atomic mass is 9.89. The highest BCUT2D eigenvalue weighted by Crippen LogP contribution is 2.31. The van der Waals surface area contributed by atoms with Crippen LogP contribution in [0.4, 0.5) is 29.3 Å². The molecule has 2 aromatic rings. The van der Waals surface area contributed by atoms with E-state index in [2.05, 4.69) is 20.9 Å². The van der Waals surface area contributed by atoms with E-state index in [1.54, 1.807) is 12.1 Å². The lowest BCUT2D eigenvalue weighted by molar-refractivity contribution is -0.137. The Labute approximate surface area is 199 Å². The summed E-state index contributed by atoms with van der Waals surface area (Å²) in [5.74, 6) is 0. The molecule has 2 aliphatic rings. The van der Waals surface area contributed by atoms with E-state index in [0.717, 1.165) is 80.7 Å². The van der Waals surface area contributed by atoms with E-state index in [1.165, 1.54) is 0 Å². The maximum atomic E-state index is 12.9. The molecule has 34 heavy (non-hydrogen) atoms. The summed E-state index contributed by atoms with van der Waals surface area (Å²) in [4.78, 5) is 14.8. The summed E-state index contributed by atoms with van der Waals surface area (Å²) in [7, 11) is 0. The lowest BCUT2D eigenvalue weighted by Crippen LogP contribution is -2.57. The van der Waals surface area contributed by atoms with Crippen molar-refractivity contribution in [1.82, 2.24) is 10.6 Å². The fraction of sp³-hybridized carbons (Fsp3) is 0.500. The van der Waals surface area contributed by atoms with Crippen molar-refractivity contribution >= 4 is 17.4 Å². The second-order valence-corrected chi connectivity index (χ2v) is 9.46. The van der Waals surface area contributed by atoms with Crippen molar-refractivity contribution in [3.05, 3.63) is 59.7 Å². The topological polar surface area (TPSA) is 56.4 Å². The van der Waals surface area contributed by atoms with Crippen LogP contribution in [0.2, 0.25) is 0 Å². The van der Waals surface area contributed by atoms with Gasteiger partial charge in [-0.3, -0.25) is 0 Å². The Morgan fingerprint density at radius 1 is 0.971 bits per heavy atom. The molecule has 0 radical (unpaired) electrons. The molecule has 3 unspecified atom stereocenters. The van der Waals surface area contributed by atoms with Crippen molar-refractivity contribution in [1.29, 1.82) is 0 Å². The Balaban J connectivity index is 1.34. The molecular weight excluding hydrogens is 441 g/mol. The first-order valence-electron chi connectivity index (χ1n) is 12.1. The molecule has 1 aliphatic carbocycles. The van der Waals surface area contributed by atoms with E-state index in [4.69, 9.17) is 0 Å². The Bertz CT molecular complexity index is 963. The van der Waals surface area contributed by atoms with Gasteiger partial charge in [-0.05, 0) is 74.6 Å². The highest BCUT2D eigenvalue weighted by molar-refractivity contribution is 5.89. The van der Waals surface area contributed by atoms with Gasteiger partial charge in [0, 0.05) is 42.6 Å². The van der Waals surface area contributed by atoms with Gasteiger partial charge in [-0.15, -0.1) is 0 Å². The Morgan fingerprint density at radius 2 is 1.71 bits per heavy atom. The number of hydrogen-bond acceptors (Lipinski definition) is 3. The first kappa shape index (κ1) is 24.4. The van der Waals surface area contributed by atoms with Crippen LogP contribution >= 0.6 is 0 Å². The number of piperidine rings is 1. The quantitative estimate of drug-likeness (QED) is 0.521. The van der Waals surface area contributed by atoms with E-state index in [0.29, 0.717) is 0 Å². The minimum absolute atomic E-state index is 0.0417. The number of carbonyl (C=O) groups excluding carboxylic acids is 1. The fourth-order valence-electron chi connectivity index (χ4n) is 5.07. The van der Waals surface area contributed by atoms with Crippen molar-refractivity contribution in [3.63, 3.8) is 0 Å². The Hall–Kier alpha value is -2.74. The number of anilines is 2. The van der Waals surface area contributed by atoms with E-state index in [1.807, 2.05) is 31.2 Å². The minimum atomic E-state index is -4.32. The third-order valence-corrected chi connectivity index (χ3v) is 6.79. The molecule has 3 atom stereocenters. The molecule has 1 aliphatic heterocycles. The molecule has 2 amide bonds. The normalized spacial score (nSPS) is 23.4. The summed E-state index contributed by atoms with van der Waals surface area (Å²) < 4.78 is 38.7. The van der Waals surface area contributed by atoms with E-state index < -0.39 is 11.7 Å². The summed E-state index contributed by atoms with van der Waals surface area (Å²) in [6, 6.07) is 13.4. The molecule has 0 bridgehead atoms. The predicted molar refractivity (Wildman–Crippen MR) is 129 cm³/mol. The number of nitrogens with one attached hydrogen (secondary N) is 3. The number of carbonyl (C=O) groups is 1. The summed E-state index contributed by atoms with van der Waals surface area (Å²) in [6.07, 6.45) is 1.77. The number of rotatable bonds is 5. The summed E-state index contributed by atoms with van der Waals surface area (Å²) in [6.45, 7) is 3.56. The van der Waals surface area contributed by atoms with Gasteiger partial charge in [-0.25, -0.2) is 4.79 Å². The van der Waals surface area contributed by atoms with Crippen LogP contribution in [0.5, 0.6) is 0 Å². The van der Waals surface area contributed by atoms with Crippen molar-refractivity contribution in [3.8, 4) is 0 Å². The van der Waals surface area contributed by atoms with Crippen molar-refractivity contribution < 1.29 is 18.0 Å². The molecule has 3 N–H and O–H groups in total. The minimum Gasteiger partial charge on any atom is -0.370 e. The predicted octanol–water partition coefficient (Wildman–Crippen LogP) is 5.71. The van der Waals surface area contributed by atoms with Gasteiger partial charge in [0.25, 0.3) is 0 Å². The van der Waals surface area contributed by atoms with Gasteiger partial charge < -0.3 is 20.9 Å².